The molecule has 0 spiro atoms. The molecule has 0 saturated heterocycles. The summed E-state index contributed by atoms with van der Waals surface area (Å²) in [7, 11) is 0. The summed E-state index contributed by atoms with van der Waals surface area (Å²) in [5, 5.41) is -1.04. The van der Waals surface area contributed by atoms with Gasteiger partial charge in [-0.15, -0.1) is 0 Å². The van der Waals surface area contributed by atoms with Gasteiger partial charge in [-0.2, -0.15) is 0 Å². The summed E-state index contributed by atoms with van der Waals surface area (Å²) >= 11 is 0. The van der Waals surface area contributed by atoms with Gasteiger partial charge >= 0.3 is 0 Å². The lowest BCUT2D eigenvalue weighted by molar-refractivity contribution is 0.606. The summed E-state index contributed by atoms with van der Waals surface area (Å²) in [6.07, 6.45) is -1.99. The molecular formula is C44H32O. The highest BCUT2D eigenvalue weighted by molar-refractivity contribution is 6.23. The van der Waals surface area contributed by atoms with Crippen LogP contribution in [0.2, 0.25) is 0 Å². The zero-order chi connectivity index (χ0) is 44.8. The van der Waals surface area contributed by atoms with Crippen molar-refractivity contribution in [1.82, 2.24) is 0 Å². The first-order chi connectivity index (χ1) is 29.4. The van der Waals surface area contributed by atoms with Crippen molar-refractivity contribution in [2.45, 2.75) is 12.8 Å². The maximum atomic E-state index is 9.60. The van der Waals surface area contributed by atoms with Gasteiger partial charge in [0.25, 0.3) is 0 Å². The van der Waals surface area contributed by atoms with Crippen molar-refractivity contribution in [3.05, 3.63) is 175 Å². The third-order valence-electron chi connectivity index (χ3n) is 7.58. The summed E-state index contributed by atoms with van der Waals surface area (Å²) in [6.45, 7) is 0. The van der Waals surface area contributed by atoms with Gasteiger partial charge in [-0.05, 0) is 97.1 Å². The van der Waals surface area contributed by atoms with Crippen molar-refractivity contribution in [2.75, 3.05) is 0 Å². The average molecular weight is 594 g/mol. The minimum atomic E-state index is -1.66. The summed E-state index contributed by atoms with van der Waals surface area (Å²) in [4.78, 5) is 0. The number of para-hydroxylation sites is 1. The van der Waals surface area contributed by atoms with E-state index in [1.54, 1.807) is 54.6 Å². The van der Waals surface area contributed by atoms with Gasteiger partial charge in [0.15, 0.2) is 0 Å². The lowest BCUT2D eigenvalue weighted by Gasteiger charge is -2.21. The molecule has 0 saturated carbocycles. The second-order valence-corrected chi connectivity index (χ2v) is 10.1. The predicted octanol–water partition coefficient (Wildman–Crippen LogP) is 12.6. The zero-order valence-electron chi connectivity index (χ0n) is 40.6. The molecule has 0 aliphatic heterocycles. The van der Waals surface area contributed by atoms with Crippen LogP contribution >= 0.6 is 0 Å². The minimum Gasteiger partial charge on any atom is -0.464 e. The first-order valence-electron chi connectivity index (χ1n) is 22.8. The fourth-order valence-corrected chi connectivity index (χ4v) is 5.65. The van der Waals surface area contributed by atoms with Crippen molar-refractivity contribution < 1.29 is 27.7 Å². The molecule has 6 aromatic carbocycles. The molecule has 1 aliphatic rings. The molecule has 1 aliphatic carbocycles. The van der Waals surface area contributed by atoms with Gasteiger partial charge in [0.2, 0.25) is 0 Å². The number of hydrogen-bond donors (Lipinski definition) is 0. The normalized spacial score (nSPS) is 22.0. The molecule has 2 atom stereocenters. The van der Waals surface area contributed by atoms with Gasteiger partial charge < -0.3 is 4.42 Å². The lowest BCUT2D eigenvalue weighted by atomic mass is 9.82. The molecule has 0 bridgehead atoms. The van der Waals surface area contributed by atoms with Gasteiger partial charge in [0, 0.05) is 8.13 Å². The molecule has 1 aromatic heterocycles. The minimum absolute atomic E-state index is 0.0529. The summed E-state index contributed by atoms with van der Waals surface area (Å²) in [5.41, 5.74) is -0.726. The Kier molecular flexibility index (Phi) is 3.78. The Bertz CT molecular complexity index is 3140. The van der Waals surface area contributed by atoms with Gasteiger partial charge in [0.1, 0.15) is 5.58 Å². The van der Waals surface area contributed by atoms with Gasteiger partial charge in [-0.3, -0.25) is 0 Å². The Morgan fingerprint density at radius 1 is 0.578 bits per heavy atom. The molecule has 8 rings (SSSR count). The van der Waals surface area contributed by atoms with Crippen molar-refractivity contribution in [2.24, 2.45) is 0 Å². The van der Waals surface area contributed by atoms with Gasteiger partial charge in [0.05, 0.1) is 26.8 Å². The van der Waals surface area contributed by atoms with Gasteiger partial charge in [-0.1, -0.05) is 145 Å². The van der Waals surface area contributed by atoms with Crippen molar-refractivity contribution in [1.29, 1.82) is 0 Å². The summed E-state index contributed by atoms with van der Waals surface area (Å²) < 4.78 is 160. The molecule has 7 aromatic rings. The molecule has 1 nitrogen and oxygen atoms in total. The van der Waals surface area contributed by atoms with Crippen LogP contribution in [0.25, 0.3) is 71.5 Å². The molecule has 2 unspecified atom stereocenters. The Balaban J connectivity index is 1.79. The Labute approximate surface area is 287 Å². The van der Waals surface area contributed by atoms with E-state index in [9.17, 15) is 8.22 Å². The van der Waals surface area contributed by atoms with Crippen molar-refractivity contribution in [3.8, 4) is 33.4 Å². The van der Waals surface area contributed by atoms with Crippen LogP contribution in [-0.4, -0.2) is 0 Å². The van der Waals surface area contributed by atoms with E-state index in [1.807, 2.05) is 0 Å². The van der Waals surface area contributed by atoms with Crippen molar-refractivity contribution >= 4 is 38.1 Å². The highest BCUT2D eigenvalue weighted by Crippen LogP contribution is 2.47. The molecule has 214 valence electrons. The van der Waals surface area contributed by atoms with E-state index in [0.717, 1.165) is 0 Å². The predicted molar refractivity (Wildman–Crippen MR) is 192 cm³/mol. The second kappa shape index (κ2) is 11.8. The third-order valence-corrected chi connectivity index (χ3v) is 7.58. The molecule has 0 amide bonds. The molecule has 1 heteroatoms. The first kappa shape index (κ1) is 14.4. The number of hydrogen-bond acceptors (Lipinski definition) is 1. The topological polar surface area (TPSA) is 13.1 Å². The monoisotopic (exact) mass is 593 g/mol. The first-order valence-corrected chi connectivity index (χ1v) is 14.1. The van der Waals surface area contributed by atoms with E-state index in [4.69, 9.17) is 19.5 Å². The number of fused-ring (bicyclic) bond motifs is 3. The van der Waals surface area contributed by atoms with E-state index < -0.39 is 103 Å². The quantitative estimate of drug-likeness (QED) is 0.185. The highest BCUT2D eigenvalue weighted by Gasteiger charge is 2.21. The van der Waals surface area contributed by atoms with E-state index in [-0.39, 0.29) is 71.6 Å². The van der Waals surface area contributed by atoms with Crippen molar-refractivity contribution in [3.63, 3.8) is 0 Å². The second-order valence-electron chi connectivity index (χ2n) is 10.1. The number of rotatable bonds is 4. The fourth-order valence-electron chi connectivity index (χ4n) is 5.65. The maximum absolute atomic E-state index is 9.60. The van der Waals surface area contributed by atoms with E-state index >= 15 is 0 Å². The van der Waals surface area contributed by atoms with Crippen LogP contribution in [0.15, 0.2) is 174 Å². The van der Waals surface area contributed by atoms with Crippen LogP contribution in [0.4, 0.5) is 0 Å². The molecule has 45 heavy (non-hydrogen) atoms. The van der Waals surface area contributed by atoms with Crippen LogP contribution < -0.4 is 0 Å². The van der Waals surface area contributed by atoms with Gasteiger partial charge in [-0.25, -0.2) is 0 Å². The number of allylic oxidation sites excluding steroid dienone is 4. The third kappa shape index (κ3) is 4.93. The SMILES string of the molecule is [2H]C1=C([2H])C([2H])C([2H])C(c2cccoc3ccccc3cc2-c2c3c([2H])c([2H])c([2H])c([2H])c3c(-c3c([2H])c([2H])c([2H])c([2H])c3-c3ccccc3)c3c([2H])c([2H])c([2H])c([2H])c23)=C1[2H]. The maximum Gasteiger partial charge on any atom is 0.133 e. The Morgan fingerprint density at radius 3 is 1.93 bits per heavy atom. The summed E-state index contributed by atoms with van der Waals surface area (Å²) in [6, 6.07) is 9.02. The average Bonchev–Trinajstić information content (AvgIpc) is 3.36. The molecule has 0 radical (unpaired) electrons. The Morgan fingerprint density at radius 2 is 1.20 bits per heavy atom. The smallest absolute Gasteiger partial charge is 0.133 e. The summed E-state index contributed by atoms with van der Waals surface area (Å²) in [5.74, 6) is 0. The van der Waals surface area contributed by atoms with Crippen LogP contribution in [0, 0.1) is 0 Å². The molecule has 0 fully saturated rings. The number of benzene rings is 6. The Hall–Kier alpha value is -5.66. The molecular weight excluding hydrogens is 544 g/mol. The highest BCUT2D eigenvalue weighted by atomic mass is 16.3. The molecule has 1 heterocycles. The van der Waals surface area contributed by atoms with E-state index in [2.05, 4.69) is 0 Å². The molecule has 0 N–H and O–H groups in total. The van der Waals surface area contributed by atoms with E-state index in [1.165, 1.54) is 24.5 Å². The standard InChI is InChI=1S/C44H32O/c1-3-16-31(17-4-1)34-21-8-9-22-36(34)43-37-23-10-12-25-39(37)44(40-26-13-11-24-38(40)43)41-30-33-20-7-14-28-42(33)45-29-15-27-35(41)32-18-5-2-6-19-32/h1-5,7-18,20-30H,6,19H2/i2D,5D,6D,8D,9D,10D,11D,12D,13D,18D,19D,21D,22D,23D,24D,25D,26D. The van der Waals surface area contributed by atoms with Crippen LogP contribution in [0.1, 0.15) is 41.7 Å². The lowest BCUT2D eigenvalue weighted by Crippen LogP contribution is -1.95. The van der Waals surface area contributed by atoms with Crippen LogP contribution in [0.5, 0.6) is 0 Å². The van der Waals surface area contributed by atoms with Crippen LogP contribution in [-0.2, 0) is 0 Å². The largest absolute Gasteiger partial charge is 0.464 e. The van der Waals surface area contributed by atoms with Crippen LogP contribution in [0.3, 0.4) is 0 Å². The van der Waals surface area contributed by atoms with E-state index in [0.29, 0.717) is 5.39 Å². The zero-order valence-corrected chi connectivity index (χ0v) is 23.6. The fraction of sp³-hybridized carbons (Fsp3) is 0.0455.